The number of nitrogens with two attached hydrogens (primary N) is 1. The lowest BCUT2D eigenvalue weighted by Crippen LogP contribution is -2.33. The van der Waals surface area contributed by atoms with E-state index in [1.54, 1.807) is 6.07 Å². The van der Waals surface area contributed by atoms with Gasteiger partial charge in [-0.3, -0.25) is 4.72 Å². The Balaban J connectivity index is 2.97. The van der Waals surface area contributed by atoms with Crippen molar-refractivity contribution in [2.75, 3.05) is 25.0 Å². The highest BCUT2D eigenvalue weighted by Crippen LogP contribution is 2.21. The van der Waals surface area contributed by atoms with Gasteiger partial charge in [-0.2, -0.15) is 13.1 Å². The van der Waals surface area contributed by atoms with Crippen molar-refractivity contribution in [1.82, 2.24) is 4.72 Å². The fourth-order valence-electron chi connectivity index (χ4n) is 1.33. The second-order valence-electron chi connectivity index (χ2n) is 3.67. The molecule has 0 saturated heterocycles. The molecule has 0 aliphatic heterocycles. The van der Waals surface area contributed by atoms with E-state index in [0.29, 0.717) is 4.47 Å². The first-order chi connectivity index (χ1) is 9.39. The predicted molar refractivity (Wildman–Crippen MR) is 79.1 cm³/mol. The van der Waals surface area contributed by atoms with Crippen molar-refractivity contribution in [1.29, 1.82) is 0 Å². The van der Waals surface area contributed by atoms with Gasteiger partial charge in [0.15, 0.2) is 5.84 Å². The maximum Gasteiger partial charge on any atom is 0.299 e. The first-order valence-corrected chi connectivity index (χ1v) is 7.71. The summed E-state index contributed by atoms with van der Waals surface area (Å²) in [5.74, 6) is -0.208. The highest BCUT2D eigenvalue weighted by atomic mass is 79.9. The molecule has 0 saturated carbocycles. The van der Waals surface area contributed by atoms with Crippen LogP contribution in [0, 0.1) is 0 Å². The smallest absolute Gasteiger partial charge is 0.299 e. The van der Waals surface area contributed by atoms with Crippen molar-refractivity contribution >= 4 is 37.7 Å². The van der Waals surface area contributed by atoms with Gasteiger partial charge < -0.3 is 15.7 Å². The van der Waals surface area contributed by atoms with Crippen LogP contribution in [0.15, 0.2) is 27.8 Å². The van der Waals surface area contributed by atoms with Crippen LogP contribution in [0.2, 0.25) is 0 Å². The number of ether oxygens (including phenoxy) is 1. The summed E-state index contributed by atoms with van der Waals surface area (Å²) in [6.07, 6.45) is 0. The Morgan fingerprint density at radius 3 is 2.85 bits per heavy atom. The Labute approximate surface area is 125 Å². The van der Waals surface area contributed by atoms with Gasteiger partial charge in [0.2, 0.25) is 0 Å². The summed E-state index contributed by atoms with van der Waals surface area (Å²) in [5.41, 5.74) is 5.95. The number of hydrogen-bond donors (Lipinski definition) is 4. The minimum atomic E-state index is -3.77. The summed E-state index contributed by atoms with van der Waals surface area (Å²) < 4.78 is 33.6. The molecule has 0 heterocycles. The van der Waals surface area contributed by atoms with E-state index in [1.165, 1.54) is 19.2 Å². The molecule has 0 unspecified atom stereocenters. The van der Waals surface area contributed by atoms with E-state index >= 15 is 0 Å². The van der Waals surface area contributed by atoms with Crippen LogP contribution in [0.4, 0.5) is 5.69 Å². The van der Waals surface area contributed by atoms with Crippen molar-refractivity contribution in [2.24, 2.45) is 10.9 Å². The van der Waals surface area contributed by atoms with Crippen molar-refractivity contribution in [3.8, 4) is 0 Å². The van der Waals surface area contributed by atoms with Crippen molar-refractivity contribution < 1.29 is 18.4 Å². The molecule has 0 aliphatic carbocycles. The third kappa shape index (κ3) is 4.96. The monoisotopic (exact) mass is 366 g/mol. The Morgan fingerprint density at radius 2 is 2.25 bits per heavy atom. The van der Waals surface area contributed by atoms with Crippen LogP contribution in [-0.4, -0.2) is 39.7 Å². The topological polar surface area (TPSA) is 126 Å². The van der Waals surface area contributed by atoms with E-state index < -0.39 is 10.2 Å². The molecule has 0 spiro atoms. The SMILES string of the molecule is COCCNS(=O)(=O)Nc1ccc(Br)cc1/C(N)=N/O. The minimum absolute atomic E-state index is 0.126. The molecule has 0 aliphatic rings. The van der Waals surface area contributed by atoms with Crippen molar-refractivity contribution in [2.45, 2.75) is 0 Å². The molecular weight excluding hydrogens is 352 g/mol. The summed E-state index contributed by atoms with van der Waals surface area (Å²) in [4.78, 5) is 0. The number of amidine groups is 1. The zero-order valence-corrected chi connectivity index (χ0v) is 13.0. The molecule has 0 fully saturated rings. The average molecular weight is 367 g/mol. The zero-order chi connectivity index (χ0) is 15.2. The first kappa shape index (κ1) is 16.7. The second-order valence-corrected chi connectivity index (χ2v) is 6.08. The minimum Gasteiger partial charge on any atom is -0.409 e. The quantitative estimate of drug-likeness (QED) is 0.183. The second kappa shape index (κ2) is 7.43. The number of hydrogen-bond acceptors (Lipinski definition) is 5. The van der Waals surface area contributed by atoms with Gasteiger partial charge in [-0.15, -0.1) is 0 Å². The molecule has 1 aromatic carbocycles. The zero-order valence-electron chi connectivity index (χ0n) is 10.6. The standard InChI is InChI=1S/C10H15BrN4O4S/c1-19-5-4-13-20(17,18)15-9-3-2-7(11)6-8(9)10(12)14-16/h2-3,6,13,15-16H,4-5H2,1H3,(H2,12,14). The Kier molecular flexibility index (Phi) is 6.20. The number of methoxy groups -OCH3 is 1. The summed E-state index contributed by atoms with van der Waals surface area (Å²) in [6, 6.07) is 4.65. The number of anilines is 1. The van der Waals surface area contributed by atoms with E-state index in [0.717, 1.165) is 0 Å². The molecule has 0 atom stereocenters. The number of oxime groups is 1. The molecule has 1 aromatic rings. The van der Waals surface area contributed by atoms with Crippen LogP contribution >= 0.6 is 15.9 Å². The molecule has 0 radical (unpaired) electrons. The van der Waals surface area contributed by atoms with Gasteiger partial charge in [-0.25, -0.2) is 0 Å². The van der Waals surface area contributed by atoms with Gasteiger partial charge in [0, 0.05) is 23.7 Å². The van der Waals surface area contributed by atoms with Crippen LogP contribution < -0.4 is 15.2 Å². The van der Waals surface area contributed by atoms with Crippen molar-refractivity contribution in [3.63, 3.8) is 0 Å². The summed E-state index contributed by atoms with van der Waals surface area (Å²) in [7, 11) is -2.31. The van der Waals surface area contributed by atoms with Gasteiger partial charge >= 0.3 is 0 Å². The Hall–Kier alpha value is -1.36. The molecule has 8 nitrogen and oxygen atoms in total. The molecule has 1 rings (SSSR count). The van der Waals surface area contributed by atoms with Crippen molar-refractivity contribution in [3.05, 3.63) is 28.2 Å². The molecule has 0 bridgehead atoms. The maximum absolute atomic E-state index is 11.8. The van der Waals surface area contributed by atoms with E-state index in [-0.39, 0.29) is 30.2 Å². The molecule has 0 aromatic heterocycles. The predicted octanol–water partition coefficient (Wildman–Crippen LogP) is 0.436. The van der Waals surface area contributed by atoms with Gasteiger partial charge in [-0.05, 0) is 18.2 Å². The molecule has 10 heteroatoms. The maximum atomic E-state index is 11.8. The number of halogens is 1. The van der Waals surface area contributed by atoms with E-state index in [9.17, 15) is 8.42 Å². The van der Waals surface area contributed by atoms with Crippen LogP contribution in [0.25, 0.3) is 0 Å². The van der Waals surface area contributed by atoms with Crippen LogP contribution in [0.3, 0.4) is 0 Å². The lowest BCUT2D eigenvalue weighted by atomic mass is 10.2. The fraction of sp³-hybridized carbons (Fsp3) is 0.300. The molecule has 20 heavy (non-hydrogen) atoms. The lowest BCUT2D eigenvalue weighted by Gasteiger charge is -2.12. The van der Waals surface area contributed by atoms with Crippen LogP contribution in [0.5, 0.6) is 0 Å². The third-order valence-electron chi connectivity index (χ3n) is 2.21. The Bertz CT molecular complexity index is 591. The summed E-state index contributed by atoms with van der Waals surface area (Å²) in [6.45, 7) is 0.371. The molecule has 112 valence electrons. The number of rotatable bonds is 7. The van der Waals surface area contributed by atoms with Gasteiger partial charge in [0.25, 0.3) is 10.2 Å². The highest BCUT2D eigenvalue weighted by molar-refractivity contribution is 9.10. The highest BCUT2D eigenvalue weighted by Gasteiger charge is 2.14. The van der Waals surface area contributed by atoms with Crippen LogP contribution in [-0.2, 0) is 14.9 Å². The summed E-state index contributed by atoms with van der Waals surface area (Å²) >= 11 is 3.22. The molecule has 0 amide bonds. The average Bonchev–Trinajstić information content (AvgIpc) is 2.40. The van der Waals surface area contributed by atoms with Gasteiger partial charge in [-0.1, -0.05) is 21.1 Å². The third-order valence-corrected chi connectivity index (χ3v) is 3.77. The van der Waals surface area contributed by atoms with Gasteiger partial charge in [0.05, 0.1) is 12.3 Å². The normalized spacial score (nSPS) is 12.4. The van der Waals surface area contributed by atoms with E-state index in [4.69, 9.17) is 15.7 Å². The lowest BCUT2D eigenvalue weighted by molar-refractivity contribution is 0.204. The molecule has 5 N–H and O–H groups in total. The number of nitrogens with one attached hydrogen (secondary N) is 2. The number of nitrogens with zero attached hydrogens (tertiary/aromatic N) is 1. The van der Waals surface area contributed by atoms with Gasteiger partial charge in [0.1, 0.15) is 0 Å². The summed E-state index contributed by atoms with van der Waals surface area (Å²) in [5, 5.41) is 11.6. The number of benzene rings is 1. The fourth-order valence-corrected chi connectivity index (χ4v) is 2.58. The van der Waals surface area contributed by atoms with E-state index in [1.807, 2.05) is 0 Å². The van der Waals surface area contributed by atoms with E-state index in [2.05, 4.69) is 30.5 Å². The largest absolute Gasteiger partial charge is 0.409 e. The Morgan fingerprint density at radius 1 is 1.55 bits per heavy atom. The van der Waals surface area contributed by atoms with Crippen LogP contribution in [0.1, 0.15) is 5.56 Å². The molecular formula is C10H15BrN4O4S. The first-order valence-electron chi connectivity index (χ1n) is 5.43.